The van der Waals surface area contributed by atoms with Crippen LogP contribution >= 0.6 is 0 Å². The normalized spacial score (nSPS) is 14.0. The van der Waals surface area contributed by atoms with Crippen molar-refractivity contribution in [3.63, 3.8) is 0 Å². The molecule has 0 saturated heterocycles. The summed E-state index contributed by atoms with van der Waals surface area (Å²) in [5, 5.41) is 4.19. The molecule has 0 aromatic carbocycles. The molecule has 1 aliphatic rings. The predicted octanol–water partition coefficient (Wildman–Crippen LogP) is 0.286. The third-order valence-corrected chi connectivity index (χ3v) is 4.06. The first-order chi connectivity index (χ1) is 11.1. The summed E-state index contributed by atoms with van der Waals surface area (Å²) in [4.78, 5) is 30.0. The van der Waals surface area contributed by atoms with Gasteiger partial charge in [-0.1, -0.05) is 6.07 Å². The SMILES string of the molecule is NC(=O)c1cnc2n1CCN(C(=O)c1cnn3ccccc13)C2. The van der Waals surface area contributed by atoms with Crippen LogP contribution in [-0.2, 0) is 13.1 Å². The molecular formula is C15H14N6O2. The molecule has 0 bridgehead atoms. The van der Waals surface area contributed by atoms with Crippen molar-refractivity contribution >= 4 is 17.3 Å². The Bertz CT molecular complexity index is 925. The zero-order valence-corrected chi connectivity index (χ0v) is 12.2. The minimum Gasteiger partial charge on any atom is -0.364 e. The van der Waals surface area contributed by atoms with Crippen LogP contribution in [0.4, 0.5) is 0 Å². The lowest BCUT2D eigenvalue weighted by Gasteiger charge is -2.28. The van der Waals surface area contributed by atoms with E-state index in [1.54, 1.807) is 26.4 Å². The van der Waals surface area contributed by atoms with E-state index in [9.17, 15) is 9.59 Å². The maximum atomic E-state index is 12.8. The van der Waals surface area contributed by atoms with Crippen molar-refractivity contribution in [2.45, 2.75) is 13.1 Å². The Kier molecular flexibility index (Phi) is 2.90. The Morgan fingerprint density at radius 3 is 2.87 bits per heavy atom. The van der Waals surface area contributed by atoms with Gasteiger partial charge in [-0.2, -0.15) is 5.10 Å². The molecule has 2 N–H and O–H groups in total. The van der Waals surface area contributed by atoms with Crippen LogP contribution in [0.1, 0.15) is 26.7 Å². The quantitative estimate of drug-likeness (QED) is 0.735. The maximum absolute atomic E-state index is 12.8. The van der Waals surface area contributed by atoms with Crippen molar-refractivity contribution < 1.29 is 9.59 Å². The van der Waals surface area contributed by atoms with Crippen LogP contribution in [0.25, 0.3) is 5.52 Å². The lowest BCUT2D eigenvalue weighted by Crippen LogP contribution is -2.39. The Balaban J connectivity index is 1.64. The van der Waals surface area contributed by atoms with Gasteiger partial charge in [-0.25, -0.2) is 9.50 Å². The zero-order chi connectivity index (χ0) is 16.0. The standard InChI is InChI=1S/C15H14N6O2/c16-14(22)12-8-17-13-9-19(5-6-20(12)13)15(23)10-7-18-21-4-2-1-3-11(10)21/h1-4,7-8H,5-6,9H2,(H2,16,22). The molecule has 0 radical (unpaired) electrons. The first-order valence-electron chi connectivity index (χ1n) is 7.21. The second-order valence-corrected chi connectivity index (χ2v) is 5.39. The van der Waals surface area contributed by atoms with Gasteiger partial charge in [0.1, 0.15) is 11.5 Å². The first kappa shape index (κ1) is 13.5. The third kappa shape index (κ3) is 2.07. The number of imidazole rings is 1. The van der Waals surface area contributed by atoms with E-state index in [0.717, 1.165) is 5.52 Å². The molecule has 0 fully saturated rings. The molecular weight excluding hydrogens is 296 g/mol. The molecule has 1 aliphatic heterocycles. The second kappa shape index (κ2) is 4.94. The van der Waals surface area contributed by atoms with Gasteiger partial charge in [0.25, 0.3) is 11.8 Å². The molecule has 0 atom stereocenters. The van der Waals surface area contributed by atoms with E-state index in [2.05, 4.69) is 10.1 Å². The summed E-state index contributed by atoms with van der Waals surface area (Å²) in [6.07, 6.45) is 4.84. The molecule has 0 unspecified atom stereocenters. The zero-order valence-electron chi connectivity index (χ0n) is 12.2. The smallest absolute Gasteiger partial charge is 0.266 e. The molecule has 0 aliphatic carbocycles. The van der Waals surface area contributed by atoms with E-state index >= 15 is 0 Å². The van der Waals surface area contributed by atoms with Crippen molar-refractivity contribution in [3.05, 3.63) is 53.9 Å². The summed E-state index contributed by atoms with van der Waals surface area (Å²) < 4.78 is 3.44. The molecule has 4 rings (SSSR count). The van der Waals surface area contributed by atoms with Crippen molar-refractivity contribution in [1.29, 1.82) is 0 Å². The highest BCUT2D eigenvalue weighted by Crippen LogP contribution is 2.19. The topological polar surface area (TPSA) is 98.5 Å². The Morgan fingerprint density at radius 2 is 2.04 bits per heavy atom. The number of hydrogen-bond acceptors (Lipinski definition) is 4. The van der Waals surface area contributed by atoms with Gasteiger partial charge in [0, 0.05) is 19.3 Å². The largest absolute Gasteiger partial charge is 0.364 e. The molecule has 4 heterocycles. The molecule has 8 nitrogen and oxygen atoms in total. The minimum absolute atomic E-state index is 0.0962. The fourth-order valence-electron chi connectivity index (χ4n) is 2.90. The van der Waals surface area contributed by atoms with Crippen LogP contribution < -0.4 is 5.73 Å². The minimum atomic E-state index is -0.508. The van der Waals surface area contributed by atoms with Crippen molar-refractivity contribution in [1.82, 2.24) is 24.1 Å². The number of primary amides is 1. The number of aromatic nitrogens is 4. The van der Waals surface area contributed by atoms with Gasteiger partial charge in [-0.3, -0.25) is 9.59 Å². The summed E-state index contributed by atoms with van der Waals surface area (Å²) in [5.41, 5.74) is 7.03. The molecule has 0 saturated carbocycles. The molecule has 8 heteroatoms. The van der Waals surface area contributed by atoms with Crippen LogP contribution in [0.2, 0.25) is 0 Å². The first-order valence-corrected chi connectivity index (χ1v) is 7.21. The summed E-state index contributed by atoms with van der Waals surface area (Å²) in [7, 11) is 0. The lowest BCUT2D eigenvalue weighted by atomic mass is 10.2. The van der Waals surface area contributed by atoms with E-state index in [0.29, 0.717) is 36.7 Å². The fourth-order valence-corrected chi connectivity index (χ4v) is 2.90. The van der Waals surface area contributed by atoms with Gasteiger partial charge in [-0.15, -0.1) is 0 Å². The maximum Gasteiger partial charge on any atom is 0.266 e. The van der Waals surface area contributed by atoms with Crippen LogP contribution in [-0.4, -0.2) is 42.4 Å². The lowest BCUT2D eigenvalue weighted by molar-refractivity contribution is 0.0708. The van der Waals surface area contributed by atoms with E-state index in [4.69, 9.17) is 5.73 Å². The highest BCUT2D eigenvalue weighted by Gasteiger charge is 2.27. The number of nitrogens with two attached hydrogens (primary N) is 1. The number of amides is 2. The number of hydrogen-bond donors (Lipinski definition) is 1. The molecule has 3 aromatic rings. The van der Waals surface area contributed by atoms with Gasteiger partial charge in [0.2, 0.25) is 0 Å². The number of carbonyl (C=O) groups excluding carboxylic acids is 2. The van der Waals surface area contributed by atoms with Gasteiger partial charge >= 0.3 is 0 Å². The molecule has 23 heavy (non-hydrogen) atoms. The van der Waals surface area contributed by atoms with E-state index in [-0.39, 0.29) is 5.91 Å². The van der Waals surface area contributed by atoms with Gasteiger partial charge < -0.3 is 15.2 Å². The number of rotatable bonds is 2. The monoisotopic (exact) mass is 310 g/mol. The summed E-state index contributed by atoms with van der Waals surface area (Å²) in [6, 6.07) is 5.59. The predicted molar refractivity (Wildman–Crippen MR) is 80.7 cm³/mol. The Hall–Kier alpha value is -3.16. The number of pyridine rings is 1. The van der Waals surface area contributed by atoms with E-state index in [1.165, 1.54) is 6.20 Å². The van der Waals surface area contributed by atoms with Crippen LogP contribution in [0.5, 0.6) is 0 Å². The van der Waals surface area contributed by atoms with Crippen LogP contribution in [0.3, 0.4) is 0 Å². The Labute approximate surface area is 131 Å². The molecule has 116 valence electrons. The summed E-state index contributed by atoms with van der Waals surface area (Å²) in [6.45, 7) is 1.33. The van der Waals surface area contributed by atoms with Crippen molar-refractivity contribution in [2.75, 3.05) is 6.54 Å². The summed E-state index contributed by atoms with van der Waals surface area (Å²) >= 11 is 0. The Morgan fingerprint density at radius 1 is 1.17 bits per heavy atom. The van der Waals surface area contributed by atoms with Crippen molar-refractivity contribution in [2.24, 2.45) is 5.73 Å². The van der Waals surface area contributed by atoms with Gasteiger partial charge in [0.15, 0.2) is 0 Å². The van der Waals surface area contributed by atoms with E-state index in [1.807, 2.05) is 18.2 Å². The average molecular weight is 310 g/mol. The van der Waals surface area contributed by atoms with Crippen molar-refractivity contribution in [3.8, 4) is 0 Å². The molecule has 2 amide bonds. The summed E-state index contributed by atoms with van der Waals surface area (Å²) in [5.74, 6) is 0.0575. The molecule has 0 spiro atoms. The third-order valence-electron chi connectivity index (χ3n) is 4.06. The number of nitrogens with zero attached hydrogens (tertiary/aromatic N) is 5. The fraction of sp³-hybridized carbons (Fsp3) is 0.200. The van der Waals surface area contributed by atoms with Crippen LogP contribution in [0, 0.1) is 0 Å². The van der Waals surface area contributed by atoms with Crippen LogP contribution in [0.15, 0.2) is 36.8 Å². The highest BCUT2D eigenvalue weighted by molar-refractivity contribution is 6.00. The highest BCUT2D eigenvalue weighted by atomic mass is 16.2. The second-order valence-electron chi connectivity index (χ2n) is 5.39. The van der Waals surface area contributed by atoms with E-state index < -0.39 is 5.91 Å². The number of fused-ring (bicyclic) bond motifs is 2. The number of carbonyl (C=O) groups is 2. The molecule has 3 aromatic heterocycles. The average Bonchev–Trinajstić information content (AvgIpc) is 3.17. The van der Waals surface area contributed by atoms with Gasteiger partial charge in [0.05, 0.1) is 30.0 Å². The van der Waals surface area contributed by atoms with Gasteiger partial charge in [-0.05, 0) is 12.1 Å².